The van der Waals surface area contributed by atoms with Crippen molar-refractivity contribution in [1.29, 1.82) is 0 Å². The van der Waals surface area contributed by atoms with Gasteiger partial charge in [0.05, 0.1) is 30.4 Å². The smallest absolute Gasteiger partial charge is 0.225 e. The van der Waals surface area contributed by atoms with E-state index in [-0.39, 0.29) is 0 Å². The summed E-state index contributed by atoms with van der Waals surface area (Å²) < 4.78 is 18.3. The van der Waals surface area contributed by atoms with Crippen LogP contribution in [0.2, 0.25) is 0 Å². The van der Waals surface area contributed by atoms with Gasteiger partial charge in [-0.1, -0.05) is 0 Å². The normalized spacial score (nSPS) is 14.8. The van der Waals surface area contributed by atoms with E-state index in [0.29, 0.717) is 11.8 Å². The molecule has 4 rings (SSSR count). The Morgan fingerprint density at radius 1 is 0.960 bits per heavy atom. The zero-order valence-electron chi connectivity index (χ0n) is 13.8. The van der Waals surface area contributed by atoms with Gasteiger partial charge in [-0.25, -0.2) is 24.3 Å². The number of fused-ring (bicyclic) bond motifs is 1. The van der Waals surface area contributed by atoms with Crippen LogP contribution in [-0.4, -0.2) is 53.2 Å². The molecule has 2 aromatic heterocycles. The van der Waals surface area contributed by atoms with Crippen molar-refractivity contribution in [3.8, 4) is 5.88 Å². The summed E-state index contributed by atoms with van der Waals surface area (Å²) in [6, 6.07) is 6.08. The Bertz CT molecular complexity index is 880. The van der Waals surface area contributed by atoms with E-state index in [9.17, 15) is 4.39 Å². The molecule has 0 saturated carbocycles. The molecule has 3 aromatic rings. The number of hydrogen-bond acceptors (Lipinski definition) is 7. The van der Waals surface area contributed by atoms with Gasteiger partial charge < -0.3 is 14.5 Å². The van der Waals surface area contributed by atoms with Crippen LogP contribution in [0.1, 0.15) is 0 Å². The lowest BCUT2D eigenvalue weighted by Crippen LogP contribution is -2.47. The minimum Gasteiger partial charge on any atom is -0.480 e. The van der Waals surface area contributed by atoms with Crippen LogP contribution in [-0.2, 0) is 0 Å². The number of aromatic nitrogens is 4. The fourth-order valence-electron chi connectivity index (χ4n) is 3.01. The molecule has 3 heterocycles. The van der Waals surface area contributed by atoms with Gasteiger partial charge in [0.25, 0.3) is 0 Å². The highest BCUT2D eigenvalue weighted by molar-refractivity contribution is 5.86. The summed E-state index contributed by atoms with van der Waals surface area (Å²) >= 11 is 0. The molecule has 0 N–H and O–H groups in total. The molecule has 8 heteroatoms. The Morgan fingerprint density at radius 3 is 2.40 bits per heavy atom. The van der Waals surface area contributed by atoms with E-state index < -0.39 is 5.82 Å². The van der Waals surface area contributed by atoms with Gasteiger partial charge in [0.2, 0.25) is 11.8 Å². The van der Waals surface area contributed by atoms with Crippen molar-refractivity contribution in [3.05, 3.63) is 42.7 Å². The number of methoxy groups -OCH3 is 1. The van der Waals surface area contributed by atoms with E-state index in [1.54, 1.807) is 7.11 Å². The first-order chi connectivity index (χ1) is 12.2. The monoisotopic (exact) mass is 340 g/mol. The Kier molecular flexibility index (Phi) is 4.01. The van der Waals surface area contributed by atoms with Crippen LogP contribution in [0.3, 0.4) is 0 Å². The number of halogens is 1. The van der Waals surface area contributed by atoms with Crippen LogP contribution < -0.4 is 14.5 Å². The Labute approximate surface area is 144 Å². The van der Waals surface area contributed by atoms with Crippen molar-refractivity contribution >= 4 is 22.5 Å². The van der Waals surface area contributed by atoms with E-state index in [1.807, 2.05) is 6.07 Å². The molecule has 0 atom stereocenters. The van der Waals surface area contributed by atoms with E-state index in [0.717, 1.165) is 42.8 Å². The molecular weight excluding hydrogens is 323 g/mol. The molecular formula is C17H17FN6O. The number of piperazine rings is 1. The van der Waals surface area contributed by atoms with Gasteiger partial charge >= 0.3 is 0 Å². The summed E-state index contributed by atoms with van der Waals surface area (Å²) in [5, 5.41) is 0.895. The van der Waals surface area contributed by atoms with E-state index in [4.69, 9.17) is 4.74 Å². The first kappa shape index (κ1) is 15.5. The third-order valence-electron chi connectivity index (χ3n) is 4.31. The highest BCUT2D eigenvalue weighted by atomic mass is 19.1. The molecule has 0 unspecified atom stereocenters. The van der Waals surface area contributed by atoms with E-state index in [1.165, 1.54) is 18.7 Å². The van der Waals surface area contributed by atoms with Crippen LogP contribution in [0.25, 0.3) is 10.9 Å². The molecule has 25 heavy (non-hydrogen) atoms. The average molecular weight is 340 g/mol. The van der Waals surface area contributed by atoms with Crippen LogP contribution in [0.4, 0.5) is 16.0 Å². The second kappa shape index (κ2) is 6.46. The molecule has 0 aliphatic carbocycles. The first-order valence-corrected chi connectivity index (χ1v) is 8.01. The van der Waals surface area contributed by atoms with Crippen LogP contribution >= 0.6 is 0 Å². The maximum atomic E-state index is 13.0. The minimum atomic E-state index is -0.422. The maximum absolute atomic E-state index is 13.0. The number of ether oxygens (including phenoxy) is 1. The summed E-state index contributed by atoms with van der Waals surface area (Å²) in [6.07, 6.45) is 3.90. The molecule has 1 aliphatic heterocycles. The highest BCUT2D eigenvalue weighted by Crippen LogP contribution is 2.27. The quantitative estimate of drug-likeness (QED) is 0.721. The van der Waals surface area contributed by atoms with E-state index >= 15 is 0 Å². The van der Waals surface area contributed by atoms with Gasteiger partial charge in [-0.2, -0.15) is 0 Å². The molecule has 1 aliphatic rings. The zero-order chi connectivity index (χ0) is 17.2. The van der Waals surface area contributed by atoms with Crippen molar-refractivity contribution in [2.45, 2.75) is 0 Å². The predicted molar refractivity (Wildman–Crippen MR) is 92.5 cm³/mol. The maximum Gasteiger partial charge on any atom is 0.225 e. The lowest BCUT2D eigenvalue weighted by atomic mass is 10.2. The Balaban J connectivity index is 1.52. The number of hydrogen-bond donors (Lipinski definition) is 0. The second-order valence-corrected chi connectivity index (χ2v) is 5.76. The van der Waals surface area contributed by atoms with Crippen molar-refractivity contribution < 1.29 is 9.13 Å². The van der Waals surface area contributed by atoms with Gasteiger partial charge in [-0.15, -0.1) is 0 Å². The number of benzene rings is 1. The number of anilines is 2. The SMILES string of the molecule is COc1ncnc2ccc(N3CCN(c4ncc(F)cn4)CC3)cc12. The minimum absolute atomic E-state index is 0.422. The molecule has 1 aromatic carbocycles. The largest absolute Gasteiger partial charge is 0.480 e. The van der Waals surface area contributed by atoms with Gasteiger partial charge in [0.15, 0.2) is 5.82 Å². The molecule has 0 spiro atoms. The molecule has 0 amide bonds. The molecule has 0 radical (unpaired) electrons. The van der Waals surface area contributed by atoms with Crippen molar-refractivity contribution in [2.75, 3.05) is 43.1 Å². The van der Waals surface area contributed by atoms with Crippen molar-refractivity contribution in [3.63, 3.8) is 0 Å². The second-order valence-electron chi connectivity index (χ2n) is 5.76. The molecule has 7 nitrogen and oxygen atoms in total. The molecule has 0 bridgehead atoms. The van der Waals surface area contributed by atoms with Crippen LogP contribution in [0.5, 0.6) is 5.88 Å². The summed E-state index contributed by atoms with van der Waals surface area (Å²) in [5.41, 5.74) is 1.95. The molecule has 128 valence electrons. The number of rotatable bonds is 3. The van der Waals surface area contributed by atoms with Crippen LogP contribution in [0, 0.1) is 5.82 Å². The van der Waals surface area contributed by atoms with Crippen molar-refractivity contribution in [2.24, 2.45) is 0 Å². The predicted octanol–water partition coefficient (Wildman–Crippen LogP) is 1.89. The van der Waals surface area contributed by atoms with Gasteiger partial charge in [-0.3, -0.25) is 0 Å². The number of nitrogens with zero attached hydrogens (tertiary/aromatic N) is 6. The third kappa shape index (κ3) is 3.02. The molecule has 1 fully saturated rings. The summed E-state index contributed by atoms with van der Waals surface area (Å²) in [4.78, 5) is 20.9. The lowest BCUT2D eigenvalue weighted by molar-refractivity contribution is 0.402. The van der Waals surface area contributed by atoms with Crippen LogP contribution in [0.15, 0.2) is 36.9 Å². The highest BCUT2D eigenvalue weighted by Gasteiger charge is 2.20. The van der Waals surface area contributed by atoms with Gasteiger partial charge in [0.1, 0.15) is 6.33 Å². The average Bonchev–Trinajstić information content (AvgIpc) is 2.68. The Hall–Kier alpha value is -3.03. The third-order valence-corrected chi connectivity index (χ3v) is 4.31. The molecule has 1 saturated heterocycles. The zero-order valence-corrected chi connectivity index (χ0v) is 13.8. The van der Waals surface area contributed by atoms with Crippen molar-refractivity contribution in [1.82, 2.24) is 19.9 Å². The fraction of sp³-hybridized carbons (Fsp3) is 0.294. The lowest BCUT2D eigenvalue weighted by Gasteiger charge is -2.36. The standard InChI is InChI=1S/C17H17FN6O/c1-25-16-14-8-13(2-3-15(14)21-11-22-16)23-4-6-24(7-5-23)17-19-9-12(18)10-20-17/h2-3,8-11H,4-7H2,1H3. The summed E-state index contributed by atoms with van der Waals surface area (Å²) in [5.74, 6) is 0.717. The van der Waals surface area contributed by atoms with E-state index in [2.05, 4.69) is 41.9 Å². The first-order valence-electron chi connectivity index (χ1n) is 8.01. The van der Waals surface area contributed by atoms with Gasteiger partial charge in [-0.05, 0) is 18.2 Å². The van der Waals surface area contributed by atoms with Gasteiger partial charge in [0, 0.05) is 31.9 Å². The Morgan fingerprint density at radius 2 is 1.68 bits per heavy atom. The summed E-state index contributed by atoms with van der Waals surface area (Å²) in [6.45, 7) is 3.18. The summed E-state index contributed by atoms with van der Waals surface area (Å²) in [7, 11) is 1.61. The fourth-order valence-corrected chi connectivity index (χ4v) is 3.01. The topological polar surface area (TPSA) is 67.3 Å².